The van der Waals surface area contributed by atoms with E-state index >= 15 is 0 Å². The number of nitrogens with zero attached hydrogens (tertiary/aromatic N) is 1. The number of nitrogens with one attached hydrogen (secondary N) is 1. The maximum absolute atomic E-state index is 12.0. The minimum Gasteiger partial charge on any atom is -0.392 e. The van der Waals surface area contributed by atoms with Crippen LogP contribution in [-0.2, 0) is 10.0 Å². The largest absolute Gasteiger partial charge is 0.392 e. The molecule has 1 atom stereocenters. The second-order valence-electron chi connectivity index (χ2n) is 3.63. The Morgan fingerprint density at radius 3 is 2.65 bits per heavy atom. The normalized spacial score (nSPS) is 13.1. The summed E-state index contributed by atoms with van der Waals surface area (Å²) < 4.78 is 26.3. The number of aryl methyl sites for hydroxylation is 1. The average molecular weight is 273 g/mol. The van der Waals surface area contributed by atoms with Crippen molar-refractivity contribution in [2.45, 2.75) is 25.5 Å². The van der Waals surface area contributed by atoms with Crippen LogP contribution in [0.15, 0.2) is 18.3 Å². The molecule has 0 aliphatic rings. The van der Waals surface area contributed by atoms with Gasteiger partial charge in [-0.25, -0.2) is 8.42 Å². The zero-order chi connectivity index (χ0) is 13.1. The molecule has 1 aromatic rings. The quantitative estimate of drug-likeness (QED) is 0.787. The molecule has 1 aromatic heterocycles. The predicted octanol–water partition coefficient (Wildman–Crippen LogP) is 1.20. The van der Waals surface area contributed by atoms with Crippen LogP contribution in [0.5, 0.6) is 0 Å². The lowest BCUT2D eigenvalue weighted by molar-refractivity contribution is 0.594. The first kappa shape index (κ1) is 13.9. The van der Waals surface area contributed by atoms with Gasteiger partial charge in [0.25, 0.3) is 0 Å². The van der Waals surface area contributed by atoms with Crippen molar-refractivity contribution in [3.63, 3.8) is 0 Å². The van der Waals surface area contributed by atoms with Gasteiger partial charge in [-0.1, -0.05) is 19.1 Å². The van der Waals surface area contributed by atoms with Crippen LogP contribution in [0.4, 0.5) is 5.69 Å². The zero-order valence-corrected chi connectivity index (χ0v) is 11.3. The van der Waals surface area contributed by atoms with Gasteiger partial charge in [-0.3, -0.25) is 9.71 Å². The van der Waals surface area contributed by atoms with Crippen LogP contribution < -0.4 is 10.5 Å². The van der Waals surface area contributed by atoms with Crippen molar-refractivity contribution in [2.24, 2.45) is 5.73 Å². The van der Waals surface area contributed by atoms with E-state index in [0.29, 0.717) is 12.1 Å². The van der Waals surface area contributed by atoms with E-state index in [0.717, 1.165) is 5.69 Å². The van der Waals surface area contributed by atoms with Crippen molar-refractivity contribution in [2.75, 3.05) is 4.72 Å². The van der Waals surface area contributed by atoms with Gasteiger partial charge in [-0.2, -0.15) is 0 Å². The van der Waals surface area contributed by atoms with E-state index in [1.807, 2.05) is 6.92 Å². The van der Waals surface area contributed by atoms with Crippen molar-refractivity contribution in [1.82, 2.24) is 4.98 Å². The van der Waals surface area contributed by atoms with Crippen LogP contribution in [0.1, 0.15) is 19.0 Å². The average Bonchev–Trinajstić information content (AvgIpc) is 2.21. The van der Waals surface area contributed by atoms with Crippen molar-refractivity contribution in [1.29, 1.82) is 0 Å². The summed E-state index contributed by atoms with van der Waals surface area (Å²) in [6.45, 7) is 3.54. The van der Waals surface area contributed by atoms with E-state index in [-0.39, 0.29) is 4.99 Å². The molecule has 0 aliphatic heterocycles. The summed E-state index contributed by atoms with van der Waals surface area (Å²) in [6.07, 6.45) is 1.79. The molecule has 1 rings (SSSR count). The summed E-state index contributed by atoms with van der Waals surface area (Å²) in [6, 6.07) is 3.37. The van der Waals surface area contributed by atoms with Gasteiger partial charge in [0.2, 0.25) is 10.0 Å². The van der Waals surface area contributed by atoms with E-state index in [1.54, 1.807) is 19.1 Å². The van der Waals surface area contributed by atoms with Gasteiger partial charge in [0.1, 0.15) is 5.25 Å². The smallest absolute Gasteiger partial charge is 0.242 e. The molecular weight excluding hydrogens is 258 g/mol. The van der Waals surface area contributed by atoms with Gasteiger partial charge in [0.15, 0.2) is 0 Å². The van der Waals surface area contributed by atoms with E-state index in [2.05, 4.69) is 9.71 Å². The van der Waals surface area contributed by atoms with Crippen LogP contribution >= 0.6 is 12.2 Å². The topological polar surface area (TPSA) is 85.1 Å². The number of pyridine rings is 1. The van der Waals surface area contributed by atoms with Crippen LogP contribution in [0.2, 0.25) is 0 Å². The lowest BCUT2D eigenvalue weighted by Crippen LogP contribution is -2.37. The molecule has 0 aliphatic carbocycles. The van der Waals surface area contributed by atoms with E-state index in [1.165, 1.54) is 6.20 Å². The predicted molar refractivity (Wildman–Crippen MR) is 72.4 cm³/mol. The number of aromatic nitrogens is 1. The monoisotopic (exact) mass is 273 g/mol. The fourth-order valence-corrected chi connectivity index (χ4v) is 3.22. The van der Waals surface area contributed by atoms with E-state index < -0.39 is 15.3 Å². The molecule has 0 radical (unpaired) electrons. The Balaban J connectivity index is 2.93. The van der Waals surface area contributed by atoms with Crippen LogP contribution in [0, 0.1) is 6.92 Å². The Kier molecular flexibility index (Phi) is 4.41. The molecule has 17 heavy (non-hydrogen) atoms. The van der Waals surface area contributed by atoms with Gasteiger partial charge < -0.3 is 5.73 Å². The highest BCUT2D eigenvalue weighted by Crippen LogP contribution is 2.13. The number of thiocarbonyl (C=S) groups is 1. The molecule has 3 N–H and O–H groups in total. The third kappa shape index (κ3) is 3.64. The molecule has 94 valence electrons. The highest BCUT2D eigenvalue weighted by Gasteiger charge is 2.26. The molecule has 0 saturated heterocycles. The van der Waals surface area contributed by atoms with Crippen molar-refractivity contribution in [3.8, 4) is 0 Å². The van der Waals surface area contributed by atoms with Crippen molar-refractivity contribution >= 4 is 32.9 Å². The van der Waals surface area contributed by atoms with Gasteiger partial charge in [0, 0.05) is 5.69 Å². The number of sulfonamides is 1. The minimum atomic E-state index is -3.59. The lowest BCUT2D eigenvalue weighted by atomic mass is 10.3. The number of hydrogen-bond donors (Lipinski definition) is 2. The summed E-state index contributed by atoms with van der Waals surface area (Å²) in [7, 11) is -3.59. The second kappa shape index (κ2) is 5.42. The van der Waals surface area contributed by atoms with E-state index in [9.17, 15) is 8.42 Å². The molecule has 0 fully saturated rings. The molecule has 0 saturated carbocycles. The number of hydrogen-bond acceptors (Lipinski definition) is 4. The third-order valence-corrected chi connectivity index (χ3v) is 4.52. The SMILES string of the molecule is CCC(C(N)=S)S(=O)(=O)Nc1ccc(C)nc1. The summed E-state index contributed by atoms with van der Waals surface area (Å²) in [5.41, 5.74) is 6.63. The molecule has 0 spiro atoms. The molecule has 1 unspecified atom stereocenters. The van der Waals surface area contributed by atoms with E-state index in [4.69, 9.17) is 18.0 Å². The van der Waals surface area contributed by atoms with Gasteiger partial charge in [-0.05, 0) is 25.5 Å². The van der Waals surface area contributed by atoms with Gasteiger partial charge >= 0.3 is 0 Å². The lowest BCUT2D eigenvalue weighted by Gasteiger charge is -2.15. The van der Waals surface area contributed by atoms with Gasteiger partial charge in [0.05, 0.1) is 16.9 Å². The Bertz CT molecular complexity index is 497. The Labute approximate surface area is 106 Å². The summed E-state index contributed by atoms with van der Waals surface area (Å²) in [5, 5.41) is -0.862. The summed E-state index contributed by atoms with van der Waals surface area (Å²) >= 11 is 4.74. The first-order valence-electron chi connectivity index (χ1n) is 5.10. The first-order chi connectivity index (χ1) is 7.86. The highest BCUT2D eigenvalue weighted by atomic mass is 32.2. The molecule has 7 heteroatoms. The maximum Gasteiger partial charge on any atom is 0.242 e. The van der Waals surface area contributed by atoms with Crippen molar-refractivity contribution < 1.29 is 8.42 Å². The van der Waals surface area contributed by atoms with Crippen LogP contribution in [0.25, 0.3) is 0 Å². The maximum atomic E-state index is 12.0. The minimum absolute atomic E-state index is 0.0277. The fourth-order valence-electron chi connectivity index (χ4n) is 1.34. The van der Waals surface area contributed by atoms with Gasteiger partial charge in [-0.15, -0.1) is 0 Å². The standard InChI is InChI=1S/C10H15N3O2S2/c1-3-9(10(11)16)17(14,15)13-8-5-4-7(2)12-6-8/h4-6,9,13H,3H2,1-2H3,(H2,11,16). The molecule has 5 nitrogen and oxygen atoms in total. The Hall–Kier alpha value is -1.21. The van der Waals surface area contributed by atoms with Crippen LogP contribution in [0.3, 0.4) is 0 Å². The molecule has 0 bridgehead atoms. The zero-order valence-electron chi connectivity index (χ0n) is 9.67. The molecule has 0 aromatic carbocycles. The van der Waals surface area contributed by atoms with Crippen molar-refractivity contribution in [3.05, 3.63) is 24.0 Å². The Morgan fingerprint density at radius 1 is 1.59 bits per heavy atom. The Morgan fingerprint density at radius 2 is 2.24 bits per heavy atom. The first-order valence-corrected chi connectivity index (χ1v) is 7.06. The summed E-state index contributed by atoms with van der Waals surface area (Å²) in [4.78, 5) is 3.97. The number of rotatable bonds is 5. The summed E-state index contributed by atoms with van der Waals surface area (Å²) in [5.74, 6) is 0. The molecular formula is C10H15N3O2S2. The third-order valence-electron chi connectivity index (χ3n) is 2.23. The van der Waals surface area contributed by atoms with Crippen LogP contribution in [-0.4, -0.2) is 23.6 Å². The fraction of sp³-hybridized carbons (Fsp3) is 0.400. The molecule has 1 heterocycles. The molecule has 0 amide bonds. The second-order valence-corrected chi connectivity index (χ2v) is 5.97. The highest BCUT2D eigenvalue weighted by molar-refractivity contribution is 7.95. The number of nitrogens with two attached hydrogens (primary N) is 1. The number of anilines is 1.